The van der Waals surface area contributed by atoms with Gasteiger partial charge in [-0.1, -0.05) is 11.3 Å². The lowest BCUT2D eigenvalue weighted by Crippen LogP contribution is -2.38. The van der Waals surface area contributed by atoms with E-state index in [1.165, 1.54) is 11.3 Å². The predicted molar refractivity (Wildman–Crippen MR) is 83.3 cm³/mol. The molecule has 0 saturated carbocycles. The molecule has 1 aliphatic rings. The van der Waals surface area contributed by atoms with Gasteiger partial charge >= 0.3 is 6.18 Å². The van der Waals surface area contributed by atoms with Gasteiger partial charge in [-0.3, -0.25) is 4.79 Å². The van der Waals surface area contributed by atoms with E-state index in [4.69, 9.17) is 4.74 Å². The molecule has 1 aliphatic heterocycles. The summed E-state index contributed by atoms with van der Waals surface area (Å²) < 4.78 is 46.0. The average molecular weight is 375 g/mol. The Bertz CT molecular complexity index is 818. The Balaban J connectivity index is 1.96. The molecule has 0 aliphatic carbocycles. The molecule has 3 rings (SSSR count). The van der Waals surface area contributed by atoms with Crippen LogP contribution in [-0.4, -0.2) is 33.1 Å². The zero-order valence-electron chi connectivity index (χ0n) is 13.4. The monoisotopic (exact) mass is 375 g/mol. The van der Waals surface area contributed by atoms with Gasteiger partial charge in [-0.2, -0.15) is 18.3 Å². The summed E-state index contributed by atoms with van der Waals surface area (Å²) in [5.74, 6) is 0. The van der Waals surface area contributed by atoms with Gasteiger partial charge in [0, 0.05) is 24.3 Å². The number of halogens is 3. The Hall–Kier alpha value is -1.85. The Morgan fingerprint density at radius 3 is 2.76 bits per heavy atom. The molecule has 0 bridgehead atoms. The van der Waals surface area contributed by atoms with Crippen molar-refractivity contribution in [1.82, 2.24) is 25.3 Å². The van der Waals surface area contributed by atoms with Gasteiger partial charge in [0.25, 0.3) is 5.56 Å². The SMILES string of the molecule is CCOCc1nnc(Cn2nc(C(F)(F)F)c3c(c2=O)CCNC3)s1. The van der Waals surface area contributed by atoms with Crippen LogP contribution in [0.3, 0.4) is 0 Å². The van der Waals surface area contributed by atoms with Crippen LogP contribution >= 0.6 is 11.3 Å². The number of nitrogens with one attached hydrogen (secondary N) is 1. The molecule has 0 amide bonds. The molecule has 25 heavy (non-hydrogen) atoms. The average Bonchev–Trinajstić information content (AvgIpc) is 3.02. The first-order valence-corrected chi connectivity index (χ1v) is 8.51. The fourth-order valence-corrected chi connectivity index (χ4v) is 3.36. The van der Waals surface area contributed by atoms with Crippen molar-refractivity contribution in [2.45, 2.75) is 39.2 Å². The highest BCUT2D eigenvalue weighted by molar-refractivity contribution is 7.11. The summed E-state index contributed by atoms with van der Waals surface area (Å²) in [6.45, 7) is 2.94. The summed E-state index contributed by atoms with van der Waals surface area (Å²) >= 11 is 1.19. The fraction of sp³-hybridized carbons (Fsp3) is 0.571. The van der Waals surface area contributed by atoms with E-state index in [1.54, 1.807) is 0 Å². The van der Waals surface area contributed by atoms with E-state index in [2.05, 4.69) is 20.6 Å². The second kappa shape index (κ2) is 7.18. The standard InChI is InChI=1S/C14H16F3N5O2S/c1-2-24-7-11-20-19-10(25-11)6-22-13(23)8-3-4-18-5-9(8)12(21-22)14(15,16)17/h18H,2-7H2,1H3. The van der Waals surface area contributed by atoms with Crippen LogP contribution in [0.4, 0.5) is 13.2 Å². The summed E-state index contributed by atoms with van der Waals surface area (Å²) in [7, 11) is 0. The molecule has 0 atom stereocenters. The summed E-state index contributed by atoms with van der Waals surface area (Å²) in [5, 5.41) is 15.2. The first kappa shape index (κ1) is 18.0. The Kier molecular flexibility index (Phi) is 5.16. The van der Waals surface area contributed by atoms with Crippen molar-refractivity contribution in [3.05, 3.63) is 37.2 Å². The molecule has 0 saturated heterocycles. The highest BCUT2D eigenvalue weighted by Crippen LogP contribution is 2.31. The third-order valence-electron chi connectivity index (χ3n) is 3.71. The maximum atomic E-state index is 13.3. The molecule has 2 aromatic rings. The highest BCUT2D eigenvalue weighted by atomic mass is 32.1. The molecular weight excluding hydrogens is 359 g/mol. The van der Waals surface area contributed by atoms with Crippen molar-refractivity contribution in [1.29, 1.82) is 0 Å². The second-order valence-corrected chi connectivity index (χ2v) is 6.57. The number of aromatic nitrogens is 4. The zero-order chi connectivity index (χ0) is 18.0. The molecule has 3 heterocycles. The largest absolute Gasteiger partial charge is 0.435 e. The van der Waals surface area contributed by atoms with Gasteiger partial charge in [0.05, 0.1) is 6.54 Å². The quantitative estimate of drug-likeness (QED) is 0.850. The van der Waals surface area contributed by atoms with Crippen molar-refractivity contribution in [2.24, 2.45) is 0 Å². The Morgan fingerprint density at radius 1 is 1.28 bits per heavy atom. The second-order valence-electron chi connectivity index (χ2n) is 5.42. The maximum Gasteiger partial charge on any atom is 0.435 e. The number of rotatable bonds is 5. The lowest BCUT2D eigenvalue weighted by atomic mass is 10.0. The molecule has 0 radical (unpaired) electrons. The zero-order valence-corrected chi connectivity index (χ0v) is 14.2. The number of fused-ring (bicyclic) bond motifs is 1. The van der Waals surface area contributed by atoms with Gasteiger partial charge in [0.2, 0.25) is 0 Å². The summed E-state index contributed by atoms with van der Waals surface area (Å²) in [6, 6.07) is 0. The highest BCUT2D eigenvalue weighted by Gasteiger charge is 2.38. The van der Waals surface area contributed by atoms with Gasteiger partial charge in [-0.05, 0) is 19.9 Å². The Labute approximate surface area is 144 Å². The van der Waals surface area contributed by atoms with E-state index in [0.717, 1.165) is 4.68 Å². The van der Waals surface area contributed by atoms with Crippen LogP contribution in [0.2, 0.25) is 0 Å². The Morgan fingerprint density at radius 2 is 2.04 bits per heavy atom. The summed E-state index contributed by atoms with van der Waals surface area (Å²) in [4.78, 5) is 12.5. The van der Waals surface area contributed by atoms with Crippen molar-refractivity contribution in [3.8, 4) is 0 Å². The number of hydrogen-bond donors (Lipinski definition) is 1. The maximum absolute atomic E-state index is 13.3. The van der Waals surface area contributed by atoms with E-state index in [-0.39, 0.29) is 37.2 Å². The summed E-state index contributed by atoms with van der Waals surface area (Å²) in [6.07, 6.45) is -4.38. The van der Waals surface area contributed by atoms with Crippen LogP contribution in [0.15, 0.2) is 4.79 Å². The molecule has 0 fully saturated rings. The van der Waals surface area contributed by atoms with Gasteiger partial charge in [0.15, 0.2) is 5.69 Å². The van der Waals surface area contributed by atoms with Crippen molar-refractivity contribution < 1.29 is 17.9 Å². The van der Waals surface area contributed by atoms with Crippen LogP contribution in [0, 0.1) is 0 Å². The molecule has 11 heteroatoms. The van der Waals surface area contributed by atoms with Gasteiger partial charge in [0.1, 0.15) is 16.6 Å². The minimum Gasteiger partial charge on any atom is -0.374 e. The first-order chi connectivity index (χ1) is 11.9. The van der Waals surface area contributed by atoms with E-state index in [9.17, 15) is 18.0 Å². The van der Waals surface area contributed by atoms with E-state index >= 15 is 0 Å². The number of hydrogen-bond acceptors (Lipinski definition) is 7. The number of nitrogens with zero attached hydrogens (tertiary/aromatic N) is 4. The lowest BCUT2D eigenvalue weighted by Gasteiger charge is -2.21. The molecular formula is C14H16F3N5O2S. The van der Waals surface area contributed by atoms with E-state index in [0.29, 0.717) is 23.2 Å². The van der Waals surface area contributed by atoms with E-state index in [1.807, 2.05) is 6.92 Å². The topological polar surface area (TPSA) is 81.9 Å². The van der Waals surface area contributed by atoms with Crippen LogP contribution in [0.5, 0.6) is 0 Å². The van der Waals surface area contributed by atoms with Crippen LogP contribution in [0.25, 0.3) is 0 Å². The third-order valence-corrected chi connectivity index (χ3v) is 4.59. The fourth-order valence-electron chi connectivity index (χ4n) is 2.59. The van der Waals surface area contributed by atoms with Crippen LogP contribution < -0.4 is 10.9 Å². The normalized spacial score (nSPS) is 14.6. The molecule has 7 nitrogen and oxygen atoms in total. The van der Waals surface area contributed by atoms with Crippen molar-refractivity contribution in [3.63, 3.8) is 0 Å². The third kappa shape index (κ3) is 3.88. The number of ether oxygens (including phenoxy) is 1. The molecule has 0 aromatic carbocycles. The number of alkyl halides is 3. The minimum absolute atomic E-state index is 0.00936. The minimum atomic E-state index is -4.63. The first-order valence-electron chi connectivity index (χ1n) is 7.70. The molecule has 2 aromatic heterocycles. The van der Waals surface area contributed by atoms with Gasteiger partial charge in [-0.15, -0.1) is 10.2 Å². The molecule has 1 N–H and O–H groups in total. The van der Waals surface area contributed by atoms with Crippen LogP contribution in [-0.2, 0) is 37.0 Å². The predicted octanol–water partition coefficient (Wildman–Crippen LogP) is 1.34. The smallest absolute Gasteiger partial charge is 0.374 e. The summed E-state index contributed by atoms with van der Waals surface area (Å²) in [5.41, 5.74) is -1.42. The van der Waals surface area contributed by atoms with Crippen molar-refractivity contribution in [2.75, 3.05) is 13.2 Å². The van der Waals surface area contributed by atoms with Crippen LogP contribution in [0.1, 0.15) is 33.8 Å². The van der Waals surface area contributed by atoms with Gasteiger partial charge < -0.3 is 10.1 Å². The molecule has 136 valence electrons. The lowest BCUT2D eigenvalue weighted by molar-refractivity contribution is -0.143. The molecule has 0 unspecified atom stereocenters. The van der Waals surface area contributed by atoms with Crippen molar-refractivity contribution >= 4 is 11.3 Å². The molecule has 0 spiro atoms. The van der Waals surface area contributed by atoms with Gasteiger partial charge in [-0.25, -0.2) is 4.68 Å². The van der Waals surface area contributed by atoms with E-state index < -0.39 is 17.4 Å².